The van der Waals surface area contributed by atoms with Gasteiger partial charge in [-0.15, -0.1) is 0 Å². The molecule has 0 saturated carbocycles. The Morgan fingerprint density at radius 1 is 1.12 bits per heavy atom. The van der Waals surface area contributed by atoms with E-state index in [2.05, 4.69) is 10.4 Å². The monoisotopic (exact) mass is 323 g/mol. The highest BCUT2D eigenvalue weighted by Crippen LogP contribution is 2.17. The summed E-state index contributed by atoms with van der Waals surface area (Å²) in [6, 6.07) is 15.1. The number of phenolic OH excluding ortho intramolecular Hbond substituents is 1. The molecule has 0 saturated heterocycles. The lowest BCUT2D eigenvalue weighted by Crippen LogP contribution is -2.29. The Hall–Kier alpha value is -3.12. The molecule has 6 heteroatoms. The first-order valence-corrected chi connectivity index (χ1v) is 7.49. The van der Waals surface area contributed by atoms with Crippen LogP contribution in [0.4, 0.5) is 0 Å². The topological polar surface area (TPSA) is 87.4 Å². The Balaban J connectivity index is 1.71. The van der Waals surface area contributed by atoms with Crippen LogP contribution in [-0.4, -0.2) is 32.4 Å². The summed E-state index contributed by atoms with van der Waals surface area (Å²) >= 11 is 0. The number of rotatable bonds is 5. The maximum atomic E-state index is 12.4. The van der Waals surface area contributed by atoms with E-state index in [4.69, 9.17) is 0 Å². The zero-order chi connectivity index (χ0) is 16.9. The molecule has 2 aromatic carbocycles. The smallest absolute Gasteiger partial charge is 0.253 e. The van der Waals surface area contributed by atoms with Crippen LogP contribution in [0.15, 0.2) is 67.0 Å². The van der Waals surface area contributed by atoms with Crippen molar-refractivity contribution in [1.82, 2.24) is 15.1 Å². The van der Waals surface area contributed by atoms with Crippen LogP contribution in [-0.2, 0) is 0 Å². The van der Waals surface area contributed by atoms with Gasteiger partial charge in [-0.05, 0) is 35.9 Å². The molecule has 24 heavy (non-hydrogen) atoms. The molecule has 1 aromatic heterocycles. The minimum Gasteiger partial charge on any atom is -0.508 e. The van der Waals surface area contributed by atoms with Crippen molar-refractivity contribution in [2.24, 2.45) is 0 Å². The summed E-state index contributed by atoms with van der Waals surface area (Å²) in [5, 5.41) is 26.3. The van der Waals surface area contributed by atoms with E-state index in [1.165, 1.54) is 12.1 Å². The zero-order valence-corrected chi connectivity index (χ0v) is 12.8. The molecular weight excluding hydrogens is 306 g/mol. The van der Waals surface area contributed by atoms with Gasteiger partial charge in [0, 0.05) is 18.9 Å². The van der Waals surface area contributed by atoms with E-state index in [1.807, 2.05) is 6.07 Å². The SMILES string of the molecule is O=C(NCC(O)c1ccc(O)cc1)c1ccccc1-n1cccn1. The summed E-state index contributed by atoms with van der Waals surface area (Å²) in [4.78, 5) is 12.4. The molecule has 0 bridgehead atoms. The van der Waals surface area contributed by atoms with Gasteiger partial charge in [-0.25, -0.2) is 4.68 Å². The molecule has 1 atom stereocenters. The maximum absolute atomic E-state index is 12.4. The molecule has 1 heterocycles. The summed E-state index contributed by atoms with van der Waals surface area (Å²) < 4.78 is 1.62. The second-order valence-corrected chi connectivity index (χ2v) is 5.29. The van der Waals surface area contributed by atoms with Gasteiger partial charge in [-0.3, -0.25) is 4.79 Å². The highest BCUT2D eigenvalue weighted by molar-refractivity contribution is 5.97. The van der Waals surface area contributed by atoms with E-state index in [9.17, 15) is 15.0 Å². The lowest BCUT2D eigenvalue weighted by atomic mass is 10.1. The second-order valence-electron chi connectivity index (χ2n) is 5.29. The lowest BCUT2D eigenvalue weighted by Gasteiger charge is -2.14. The van der Waals surface area contributed by atoms with Crippen LogP contribution in [0.2, 0.25) is 0 Å². The van der Waals surface area contributed by atoms with Crippen LogP contribution in [0.1, 0.15) is 22.0 Å². The number of hydrogen-bond donors (Lipinski definition) is 3. The molecule has 6 nitrogen and oxygen atoms in total. The molecule has 3 rings (SSSR count). The van der Waals surface area contributed by atoms with Crippen LogP contribution in [0.25, 0.3) is 5.69 Å². The Labute approximate surface area is 139 Å². The fourth-order valence-corrected chi connectivity index (χ4v) is 2.38. The average Bonchev–Trinajstić information content (AvgIpc) is 3.14. The third-order valence-corrected chi connectivity index (χ3v) is 3.63. The Kier molecular flexibility index (Phi) is 4.58. The first-order chi connectivity index (χ1) is 11.6. The van der Waals surface area contributed by atoms with Gasteiger partial charge in [0.05, 0.1) is 17.4 Å². The second kappa shape index (κ2) is 6.97. The average molecular weight is 323 g/mol. The van der Waals surface area contributed by atoms with Crippen LogP contribution in [0, 0.1) is 0 Å². The largest absolute Gasteiger partial charge is 0.508 e. The van der Waals surface area contributed by atoms with Gasteiger partial charge in [-0.1, -0.05) is 24.3 Å². The lowest BCUT2D eigenvalue weighted by molar-refractivity contribution is 0.0916. The van der Waals surface area contributed by atoms with Crippen LogP contribution in [0.3, 0.4) is 0 Å². The third-order valence-electron chi connectivity index (χ3n) is 3.63. The minimum absolute atomic E-state index is 0.0665. The summed E-state index contributed by atoms with van der Waals surface area (Å²) in [6.45, 7) is 0.0665. The van der Waals surface area contributed by atoms with Gasteiger partial charge in [0.15, 0.2) is 0 Å². The summed E-state index contributed by atoms with van der Waals surface area (Å²) in [6.07, 6.45) is 2.55. The molecule has 3 aromatic rings. The van der Waals surface area contributed by atoms with Crippen molar-refractivity contribution >= 4 is 5.91 Å². The number of aliphatic hydroxyl groups excluding tert-OH is 1. The number of aliphatic hydroxyl groups is 1. The summed E-state index contributed by atoms with van der Waals surface area (Å²) in [7, 11) is 0. The first-order valence-electron chi connectivity index (χ1n) is 7.49. The van der Waals surface area contributed by atoms with Crippen molar-refractivity contribution in [3.8, 4) is 11.4 Å². The molecule has 0 aliphatic carbocycles. The standard InChI is InChI=1S/C18H17N3O3/c22-14-8-6-13(7-9-14)17(23)12-19-18(24)15-4-1-2-5-16(15)21-11-3-10-20-21/h1-11,17,22-23H,12H2,(H,19,24). The number of phenols is 1. The van der Waals surface area contributed by atoms with Crippen molar-refractivity contribution in [2.45, 2.75) is 6.10 Å². The Morgan fingerprint density at radius 2 is 1.88 bits per heavy atom. The molecule has 1 amide bonds. The Bertz CT molecular complexity index is 814. The van der Waals surface area contributed by atoms with Gasteiger partial charge in [-0.2, -0.15) is 5.10 Å². The highest BCUT2D eigenvalue weighted by atomic mass is 16.3. The van der Waals surface area contributed by atoms with E-state index >= 15 is 0 Å². The number of carbonyl (C=O) groups excluding carboxylic acids is 1. The van der Waals surface area contributed by atoms with Crippen molar-refractivity contribution in [1.29, 1.82) is 0 Å². The number of aromatic hydroxyl groups is 1. The Morgan fingerprint density at radius 3 is 2.58 bits per heavy atom. The number of para-hydroxylation sites is 1. The van der Waals surface area contributed by atoms with E-state index in [1.54, 1.807) is 53.5 Å². The normalized spacial score (nSPS) is 11.9. The number of aromatic nitrogens is 2. The quantitative estimate of drug-likeness (QED) is 0.670. The molecule has 0 spiro atoms. The number of hydrogen-bond acceptors (Lipinski definition) is 4. The highest BCUT2D eigenvalue weighted by Gasteiger charge is 2.14. The third kappa shape index (κ3) is 3.44. The van der Waals surface area contributed by atoms with Crippen LogP contribution in [0.5, 0.6) is 5.75 Å². The fourth-order valence-electron chi connectivity index (χ4n) is 2.38. The van der Waals surface area contributed by atoms with Gasteiger partial charge >= 0.3 is 0 Å². The number of nitrogens with zero attached hydrogens (tertiary/aromatic N) is 2. The van der Waals surface area contributed by atoms with E-state index < -0.39 is 6.10 Å². The molecule has 3 N–H and O–H groups in total. The molecule has 0 radical (unpaired) electrons. The zero-order valence-electron chi connectivity index (χ0n) is 12.8. The van der Waals surface area contributed by atoms with Gasteiger partial charge in [0.2, 0.25) is 0 Å². The van der Waals surface area contributed by atoms with Gasteiger partial charge < -0.3 is 15.5 Å². The van der Waals surface area contributed by atoms with Crippen molar-refractivity contribution in [3.05, 3.63) is 78.1 Å². The predicted molar refractivity (Wildman–Crippen MR) is 89.0 cm³/mol. The molecule has 122 valence electrons. The first kappa shape index (κ1) is 15.8. The van der Waals surface area contributed by atoms with E-state index in [0.717, 1.165) is 0 Å². The van der Waals surface area contributed by atoms with Crippen LogP contribution < -0.4 is 5.32 Å². The van der Waals surface area contributed by atoms with Crippen molar-refractivity contribution < 1.29 is 15.0 Å². The summed E-state index contributed by atoms with van der Waals surface area (Å²) in [5.74, 6) is -0.165. The van der Waals surface area contributed by atoms with Crippen molar-refractivity contribution in [3.63, 3.8) is 0 Å². The fraction of sp³-hybridized carbons (Fsp3) is 0.111. The molecule has 0 fully saturated rings. The van der Waals surface area contributed by atoms with Gasteiger partial charge in [0.25, 0.3) is 5.91 Å². The predicted octanol–water partition coefficient (Wildman–Crippen LogP) is 2.04. The minimum atomic E-state index is -0.855. The van der Waals surface area contributed by atoms with Crippen LogP contribution >= 0.6 is 0 Å². The number of amides is 1. The molecule has 1 unspecified atom stereocenters. The van der Waals surface area contributed by atoms with E-state index in [-0.39, 0.29) is 18.2 Å². The maximum Gasteiger partial charge on any atom is 0.253 e. The molecule has 0 aliphatic heterocycles. The van der Waals surface area contributed by atoms with E-state index in [0.29, 0.717) is 16.8 Å². The molecule has 0 aliphatic rings. The number of benzene rings is 2. The number of carbonyl (C=O) groups is 1. The molecular formula is C18H17N3O3. The van der Waals surface area contributed by atoms with Crippen molar-refractivity contribution in [2.75, 3.05) is 6.54 Å². The summed E-state index contributed by atoms with van der Waals surface area (Å²) in [5.41, 5.74) is 1.76. The number of nitrogens with one attached hydrogen (secondary N) is 1. The van der Waals surface area contributed by atoms with Gasteiger partial charge in [0.1, 0.15) is 5.75 Å².